The normalized spacial score (nSPS) is 11.7. The van der Waals surface area contributed by atoms with Gasteiger partial charge in [-0.1, -0.05) is 23.9 Å². The van der Waals surface area contributed by atoms with E-state index in [-0.39, 0.29) is 5.56 Å². The zero-order valence-electron chi connectivity index (χ0n) is 16.1. The van der Waals surface area contributed by atoms with Crippen LogP contribution >= 0.6 is 11.8 Å². The standard InChI is InChI=1S/C20H20N4O4S/c1-12(17(25)23-19(27)21-2)29-20-22-16-7-5-4-6-15(16)18(26)24(20)13-8-10-14(28-3)11-9-13/h4-12H,1-3H3,(H2,21,23,25,27)/t12-/m1/s1. The Labute approximate surface area is 171 Å². The van der Waals surface area contributed by atoms with E-state index in [1.54, 1.807) is 62.6 Å². The predicted molar refractivity (Wildman–Crippen MR) is 112 cm³/mol. The van der Waals surface area contributed by atoms with Crippen LogP contribution in [0.25, 0.3) is 16.6 Å². The molecule has 0 aliphatic heterocycles. The Bertz CT molecular complexity index is 1110. The number of hydrogen-bond donors (Lipinski definition) is 2. The number of imide groups is 1. The average Bonchev–Trinajstić information content (AvgIpc) is 2.74. The first-order valence-corrected chi connectivity index (χ1v) is 9.68. The minimum Gasteiger partial charge on any atom is -0.497 e. The van der Waals surface area contributed by atoms with Gasteiger partial charge in [-0.25, -0.2) is 9.78 Å². The molecule has 0 unspecified atom stereocenters. The SMILES string of the molecule is CNC(=O)NC(=O)[C@@H](C)Sc1nc2ccccc2c(=O)n1-c1ccc(OC)cc1. The van der Waals surface area contributed by atoms with E-state index >= 15 is 0 Å². The Morgan fingerprint density at radius 2 is 1.83 bits per heavy atom. The number of ether oxygens (including phenoxy) is 1. The first-order valence-electron chi connectivity index (χ1n) is 8.80. The maximum Gasteiger partial charge on any atom is 0.321 e. The lowest BCUT2D eigenvalue weighted by Crippen LogP contribution is -2.41. The maximum atomic E-state index is 13.2. The summed E-state index contributed by atoms with van der Waals surface area (Å²) in [5.74, 6) is 0.168. The van der Waals surface area contributed by atoms with E-state index in [0.717, 1.165) is 11.8 Å². The highest BCUT2D eigenvalue weighted by atomic mass is 32.2. The van der Waals surface area contributed by atoms with Crippen LogP contribution in [-0.2, 0) is 4.79 Å². The van der Waals surface area contributed by atoms with Gasteiger partial charge in [-0.2, -0.15) is 0 Å². The number of nitrogens with zero attached hydrogens (tertiary/aromatic N) is 2. The number of rotatable bonds is 5. The van der Waals surface area contributed by atoms with E-state index in [4.69, 9.17) is 4.74 Å². The molecule has 1 aromatic heterocycles. The van der Waals surface area contributed by atoms with Crippen molar-refractivity contribution in [1.29, 1.82) is 0 Å². The van der Waals surface area contributed by atoms with Crippen LogP contribution in [0.2, 0.25) is 0 Å². The topological polar surface area (TPSA) is 102 Å². The molecular formula is C20H20N4O4S. The van der Waals surface area contributed by atoms with Gasteiger partial charge in [0, 0.05) is 7.05 Å². The summed E-state index contributed by atoms with van der Waals surface area (Å²) in [4.78, 5) is 41.5. The van der Waals surface area contributed by atoms with Gasteiger partial charge in [0.05, 0.1) is 29.0 Å². The fourth-order valence-electron chi connectivity index (χ4n) is 2.64. The molecule has 9 heteroatoms. The number of amides is 3. The number of aromatic nitrogens is 2. The summed E-state index contributed by atoms with van der Waals surface area (Å²) in [6, 6.07) is 13.4. The van der Waals surface area contributed by atoms with Gasteiger partial charge in [-0.3, -0.25) is 19.5 Å². The summed E-state index contributed by atoms with van der Waals surface area (Å²) in [6.07, 6.45) is 0. The average molecular weight is 412 g/mol. The number of urea groups is 1. The zero-order valence-corrected chi connectivity index (χ0v) is 16.9. The Morgan fingerprint density at radius 3 is 2.48 bits per heavy atom. The molecule has 1 heterocycles. The van der Waals surface area contributed by atoms with Gasteiger partial charge in [-0.15, -0.1) is 0 Å². The van der Waals surface area contributed by atoms with Crippen molar-refractivity contribution in [2.45, 2.75) is 17.3 Å². The minimum atomic E-state index is -0.662. The lowest BCUT2D eigenvalue weighted by Gasteiger charge is -2.16. The second-order valence-corrected chi connectivity index (χ2v) is 7.39. The number of benzene rings is 2. The van der Waals surface area contributed by atoms with Gasteiger partial charge in [0.15, 0.2) is 5.16 Å². The lowest BCUT2D eigenvalue weighted by atomic mass is 10.2. The molecule has 0 aliphatic rings. The molecule has 2 aromatic carbocycles. The number of nitrogens with one attached hydrogen (secondary N) is 2. The minimum absolute atomic E-state index is 0.248. The molecule has 0 radical (unpaired) electrons. The van der Waals surface area contributed by atoms with E-state index in [1.807, 2.05) is 0 Å². The molecule has 3 rings (SSSR count). The van der Waals surface area contributed by atoms with Gasteiger partial charge in [0.1, 0.15) is 5.75 Å². The largest absolute Gasteiger partial charge is 0.497 e. The van der Waals surface area contributed by atoms with Crippen LogP contribution in [0.4, 0.5) is 4.79 Å². The van der Waals surface area contributed by atoms with Crippen LogP contribution in [0.1, 0.15) is 6.92 Å². The third kappa shape index (κ3) is 4.40. The monoisotopic (exact) mass is 412 g/mol. The molecule has 3 amide bonds. The molecule has 3 aromatic rings. The number of methoxy groups -OCH3 is 1. The Morgan fingerprint density at radius 1 is 1.14 bits per heavy atom. The van der Waals surface area contributed by atoms with E-state index in [0.29, 0.717) is 27.5 Å². The summed E-state index contributed by atoms with van der Waals surface area (Å²) in [5, 5.41) is 4.72. The van der Waals surface area contributed by atoms with Gasteiger partial charge in [0.25, 0.3) is 5.56 Å². The highest BCUT2D eigenvalue weighted by molar-refractivity contribution is 8.00. The lowest BCUT2D eigenvalue weighted by molar-refractivity contribution is -0.119. The Hall–Kier alpha value is -3.33. The van der Waals surface area contributed by atoms with Crippen molar-refractivity contribution >= 4 is 34.6 Å². The van der Waals surface area contributed by atoms with Crippen LogP contribution in [-0.4, -0.2) is 40.9 Å². The number of thioether (sulfide) groups is 1. The fraction of sp³-hybridized carbons (Fsp3) is 0.200. The summed E-state index contributed by atoms with van der Waals surface area (Å²) in [7, 11) is 2.99. The van der Waals surface area contributed by atoms with E-state index in [9.17, 15) is 14.4 Å². The molecule has 0 fully saturated rings. The van der Waals surface area contributed by atoms with Gasteiger partial charge in [-0.05, 0) is 43.3 Å². The van der Waals surface area contributed by atoms with Crippen LogP contribution in [0, 0.1) is 0 Å². The fourth-order valence-corrected chi connectivity index (χ4v) is 3.57. The van der Waals surface area contributed by atoms with Crippen LogP contribution < -0.4 is 20.9 Å². The summed E-state index contributed by atoms with van der Waals surface area (Å²) in [5.41, 5.74) is 0.876. The number of hydrogen-bond acceptors (Lipinski definition) is 6. The van der Waals surface area contributed by atoms with E-state index in [2.05, 4.69) is 15.6 Å². The molecule has 0 saturated carbocycles. The second kappa shape index (κ2) is 8.78. The number of carbonyl (C=O) groups excluding carboxylic acids is 2. The molecule has 2 N–H and O–H groups in total. The van der Waals surface area contributed by atoms with Gasteiger partial charge >= 0.3 is 6.03 Å². The van der Waals surface area contributed by atoms with Gasteiger partial charge in [0.2, 0.25) is 5.91 Å². The Kier molecular flexibility index (Phi) is 6.18. The number of fused-ring (bicyclic) bond motifs is 1. The van der Waals surface area contributed by atoms with Crippen molar-refractivity contribution in [3.8, 4) is 11.4 Å². The third-order valence-corrected chi connectivity index (χ3v) is 5.24. The maximum absolute atomic E-state index is 13.2. The smallest absolute Gasteiger partial charge is 0.321 e. The number of carbonyl (C=O) groups is 2. The first kappa shape index (κ1) is 20.4. The molecule has 29 heavy (non-hydrogen) atoms. The second-order valence-electron chi connectivity index (χ2n) is 6.08. The predicted octanol–water partition coefficient (Wildman–Crippen LogP) is 2.33. The van der Waals surface area contributed by atoms with Crippen LogP contribution in [0.5, 0.6) is 5.75 Å². The molecule has 0 bridgehead atoms. The molecule has 8 nitrogen and oxygen atoms in total. The molecular weight excluding hydrogens is 392 g/mol. The van der Waals surface area contributed by atoms with Crippen molar-refractivity contribution in [2.75, 3.05) is 14.2 Å². The quantitative estimate of drug-likeness (QED) is 0.493. The van der Waals surface area contributed by atoms with E-state index < -0.39 is 17.2 Å². The van der Waals surface area contributed by atoms with Crippen molar-refractivity contribution in [1.82, 2.24) is 20.2 Å². The molecule has 1 atom stereocenters. The number of para-hydroxylation sites is 1. The van der Waals surface area contributed by atoms with Crippen molar-refractivity contribution in [3.05, 3.63) is 58.9 Å². The zero-order chi connectivity index (χ0) is 21.0. The summed E-state index contributed by atoms with van der Waals surface area (Å²) in [6.45, 7) is 1.64. The summed E-state index contributed by atoms with van der Waals surface area (Å²) >= 11 is 1.09. The highest BCUT2D eigenvalue weighted by Crippen LogP contribution is 2.26. The van der Waals surface area contributed by atoms with Crippen molar-refractivity contribution in [3.63, 3.8) is 0 Å². The highest BCUT2D eigenvalue weighted by Gasteiger charge is 2.21. The van der Waals surface area contributed by atoms with E-state index in [1.165, 1.54) is 11.6 Å². The summed E-state index contributed by atoms with van der Waals surface area (Å²) < 4.78 is 6.63. The third-order valence-electron chi connectivity index (χ3n) is 4.19. The first-order chi connectivity index (χ1) is 13.9. The molecule has 0 spiro atoms. The van der Waals surface area contributed by atoms with Crippen LogP contribution in [0.3, 0.4) is 0 Å². The van der Waals surface area contributed by atoms with Crippen LogP contribution in [0.15, 0.2) is 58.5 Å². The molecule has 0 aliphatic carbocycles. The van der Waals surface area contributed by atoms with Crippen molar-refractivity contribution < 1.29 is 14.3 Å². The molecule has 150 valence electrons. The Balaban J connectivity index is 2.08. The molecule has 0 saturated heterocycles. The van der Waals surface area contributed by atoms with Gasteiger partial charge < -0.3 is 10.1 Å². The van der Waals surface area contributed by atoms with Crippen molar-refractivity contribution in [2.24, 2.45) is 0 Å².